The van der Waals surface area contributed by atoms with Gasteiger partial charge in [0.25, 0.3) is 0 Å². The standard InChI is InChI=1S/C20H34N4O2/c1-3-21-20(22-13-17(2)15-24-9-11-26-12-10-24)23-14-19(16-25)18-7-5-4-6-8-18/h4-8,17,19,25H,3,9-16H2,1-2H3,(H2,21,22,23). The number of aliphatic hydroxyl groups excluding tert-OH is 1. The maximum Gasteiger partial charge on any atom is 0.191 e. The third kappa shape index (κ3) is 7.32. The van der Waals surface area contributed by atoms with E-state index in [0.717, 1.165) is 57.5 Å². The van der Waals surface area contributed by atoms with Crippen molar-refractivity contribution in [3.05, 3.63) is 35.9 Å². The van der Waals surface area contributed by atoms with E-state index in [2.05, 4.69) is 41.5 Å². The Morgan fingerprint density at radius 3 is 2.62 bits per heavy atom. The van der Waals surface area contributed by atoms with Crippen molar-refractivity contribution < 1.29 is 9.84 Å². The predicted molar refractivity (Wildman–Crippen MR) is 107 cm³/mol. The maximum absolute atomic E-state index is 9.71. The number of hydrogen-bond donors (Lipinski definition) is 3. The van der Waals surface area contributed by atoms with Gasteiger partial charge in [0.1, 0.15) is 0 Å². The summed E-state index contributed by atoms with van der Waals surface area (Å²) in [6, 6.07) is 10.1. The molecular formula is C20H34N4O2. The third-order valence-corrected chi connectivity index (χ3v) is 4.59. The van der Waals surface area contributed by atoms with E-state index in [4.69, 9.17) is 9.73 Å². The highest BCUT2D eigenvalue weighted by Crippen LogP contribution is 2.13. The van der Waals surface area contributed by atoms with Gasteiger partial charge in [0.15, 0.2) is 5.96 Å². The molecule has 6 nitrogen and oxygen atoms in total. The van der Waals surface area contributed by atoms with Gasteiger partial charge < -0.3 is 20.5 Å². The zero-order valence-electron chi connectivity index (χ0n) is 16.2. The second-order valence-electron chi connectivity index (χ2n) is 6.91. The molecule has 0 bridgehead atoms. The van der Waals surface area contributed by atoms with Crippen LogP contribution in [0.5, 0.6) is 0 Å². The number of rotatable bonds is 9. The normalized spacial score (nSPS) is 18.3. The molecule has 0 aromatic heterocycles. The molecule has 0 spiro atoms. The number of nitrogens with one attached hydrogen (secondary N) is 2. The van der Waals surface area contributed by atoms with Crippen molar-refractivity contribution in [3.63, 3.8) is 0 Å². The molecule has 0 saturated carbocycles. The van der Waals surface area contributed by atoms with Gasteiger partial charge in [-0.05, 0) is 18.4 Å². The Kier molecular flexibility index (Phi) is 9.45. The summed E-state index contributed by atoms with van der Waals surface area (Å²) in [6.07, 6.45) is 0. The van der Waals surface area contributed by atoms with Gasteiger partial charge in [-0.3, -0.25) is 9.89 Å². The molecule has 2 rings (SSSR count). The van der Waals surface area contributed by atoms with E-state index < -0.39 is 0 Å². The molecule has 1 saturated heterocycles. The van der Waals surface area contributed by atoms with E-state index in [1.54, 1.807) is 0 Å². The lowest BCUT2D eigenvalue weighted by Crippen LogP contribution is -2.41. The van der Waals surface area contributed by atoms with E-state index in [-0.39, 0.29) is 12.5 Å². The molecule has 1 heterocycles. The van der Waals surface area contributed by atoms with Crippen LogP contribution in [-0.4, -0.2) is 75.1 Å². The molecule has 1 aliphatic rings. The minimum Gasteiger partial charge on any atom is -0.396 e. The smallest absolute Gasteiger partial charge is 0.191 e. The predicted octanol–water partition coefficient (Wildman–Crippen LogP) is 1.29. The lowest BCUT2D eigenvalue weighted by atomic mass is 10.0. The van der Waals surface area contributed by atoms with Crippen LogP contribution in [0.2, 0.25) is 0 Å². The van der Waals surface area contributed by atoms with Crippen molar-refractivity contribution in [2.75, 3.05) is 59.1 Å². The zero-order chi connectivity index (χ0) is 18.6. The van der Waals surface area contributed by atoms with Crippen LogP contribution < -0.4 is 10.6 Å². The average Bonchev–Trinajstić information content (AvgIpc) is 2.68. The summed E-state index contributed by atoms with van der Waals surface area (Å²) in [5, 5.41) is 16.4. The molecule has 146 valence electrons. The van der Waals surface area contributed by atoms with Crippen molar-refractivity contribution in [3.8, 4) is 0 Å². The summed E-state index contributed by atoms with van der Waals surface area (Å²) in [5.41, 5.74) is 1.14. The summed E-state index contributed by atoms with van der Waals surface area (Å²) in [5.74, 6) is 1.37. The summed E-state index contributed by atoms with van der Waals surface area (Å²) < 4.78 is 5.40. The van der Waals surface area contributed by atoms with Gasteiger partial charge in [-0.1, -0.05) is 37.3 Å². The Morgan fingerprint density at radius 1 is 1.23 bits per heavy atom. The largest absolute Gasteiger partial charge is 0.396 e. The summed E-state index contributed by atoms with van der Waals surface area (Å²) in [7, 11) is 0. The Hall–Kier alpha value is -1.63. The van der Waals surface area contributed by atoms with Gasteiger partial charge in [-0.15, -0.1) is 0 Å². The highest BCUT2D eigenvalue weighted by Gasteiger charge is 2.14. The zero-order valence-corrected chi connectivity index (χ0v) is 16.2. The summed E-state index contributed by atoms with van der Waals surface area (Å²) >= 11 is 0. The van der Waals surface area contributed by atoms with E-state index in [0.29, 0.717) is 12.5 Å². The first-order chi connectivity index (χ1) is 12.7. The highest BCUT2D eigenvalue weighted by molar-refractivity contribution is 5.79. The van der Waals surface area contributed by atoms with Crippen LogP contribution in [0.25, 0.3) is 0 Å². The highest BCUT2D eigenvalue weighted by atomic mass is 16.5. The van der Waals surface area contributed by atoms with E-state index >= 15 is 0 Å². The molecule has 6 heteroatoms. The van der Waals surface area contributed by atoms with Crippen LogP contribution in [0.15, 0.2) is 35.3 Å². The first-order valence-corrected chi connectivity index (χ1v) is 9.71. The fourth-order valence-electron chi connectivity index (χ4n) is 3.10. The third-order valence-electron chi connectivity index (χ3n) is 4.59. The van der Waals surface area contributed by atoms with Gasteiger partial charge >= 0.3 is 0 Å². The van der Waals surface area contributed by atoms with Crippen LogP contribution in [0.3, 0.4) is 0 Å². The molecule has 2 atom stereocenters. The quantitative estimate of drug-likeness (QED) is 0.456. The van der Waals surface area contributed by atoms with Gasteiger partial charge in [0, 0.05) is 45.2 Å². The number of hydrogen-bond acceptors (Lipinski definition) is 4. The Morgan fingerprint density at radius 2 is 1.96 bits per heavy atom. The molecule has 0 radical (unpaired) electrons. The SMILES string of the molecule is CCNC(=NCC(C)CN1CCOCC1)NCC(CO)c1ccccc1. The van der Waals surface area contributed by atoms with E-state index in [9.17, 15) is 5.11 Å². The molecule has 0 aliphatic carbocycles. The average molecular weight is 363 g/mol. The summed E-state index contributed by atoms with van der Waals surface area (Å²) in [4.78, 5) is 7.18. The first-order valence-electron chi connectivity index (χ1n) is 9.71. The minimum atomic E-state index is 0.0610. The van der Waals surface area contributed by atoms with Gasteiger partial charge in [-0.25, -0.2) is 0 Å². The lowest BCUT2D eigenvalue weighted by Gasteiger charge is -2.28. The number of benzene rings is 1. The molecule has 2 unspecified atom stereocenters. The molecule has 1 aromatic rings. The summed E-state index contributed by atoms with van der Waals surface area (Å²) in [6.45, 7) is 11.4. The second-order valence-corrected chi connectivity index (χ2v) is 6.91. The van der Waals surface area contributed by atoms with Crippen molar-refractivity contribution in [1.29, 1.82) is 0 Å². The van der Waals surface area contributed by atoms with E-state index in [1.807, 2.05) is 18.2 Å². The Balaban J connectivity index is 1.83. The fraction of sp³-hybridized carbons (Fsp3) is 0.650. The van der Waals surface area contributed by atoms with Crippen molar-refractivity contribution >= 4 is 5.96 Å². The molecule has 0 amide bonds. The fourth-order valence-corrected chi connectivity index (χ4v) is 3.10. The second kappa shape index (κ2) is 11.9. The number of ether oxygens (including phenoxy) is 1. The van der Waals surface area contributed by atoms with Gasteiger partial charge in [0.2, 0.25) is 0 Å². The van der Waals surface area contributed by atoms with Crippen LogP contribution >= 0.6 is 0 Å². The topological polar surface area (TPSA) is 69.1 Å². The van der Waals surface area contributed by atoms with Crippen LogP contribution in [0.4, 0.5) is 0 Å². The first kappa shape index (κ1) is 20.7. The van der Waals surface area contributed by atoms with Crippen molar-refractivity contribution in [2.24, 2.45) is 10.9 Å². The maximum atomic E-state index is 9.71. The van der Waals surface area contributed by atoms with E-state index in [1.165, 1.54) is 0 Å². The monoisotopic (exact) mass is 362 g/mol. The van der Waals surface area contributed by atoms with Crippen molar-refractivity contribution in [2.45, 2.75) is 19.8 Å². The lowest BCUT2D eigenvalue weighted by molar-refractivity contribution is 0.0323. The number of nitrogens with zero attached hydrogens (tertiary/aromatic N) is 2. The van der Waals surface area contributed by atoms with Crippen LogP contribution in [-0.2, 0) is 4.74 Å². The van der Waals surface area contributed by atoms with Crippen LogP contribution in [0, 0.1) is 5.92 Å². The van der Waals surface area contributed by atoms with Gasteiger partial charge in [-0.2, -0.15) is 0 Å². The molecule has 1 fully saturated rings. The van der Waals surface area contributed by atoms with Crippen molar-refractivity contribution in [1.82, 2.24) is 15.5 Å². The molecule has 26 heavy (non-hydrogen) atoms. The Labute approximate surface area is 157 Å². The number of morpholine rings is 1. The molecule has 3 N–H and O–H groups in total. The number of aliphatic hydroxyl groups is 1. The van der Waals surface area contributed by atoms with Crippen LogP contribution in [0.1, 0.15) is 25.3 Å². The Bertz CT molecular complexity index is 518. The number of aliphatic imine (C=N–C) groups is 1. The number of guanidine groups is 1. The molecule has 1 aromatic carbocycles. The molecular weight excluding hydrogens is 328 g/mol. The minimum absolute atomic E-state index is 0.0610. The molecule has 1 aliphatic heterocycles. The van der Waals surface area contributed by atoms with Gasteiger partial charge in [0.05, 0.1) is 19.8 Å².